The van der Waals surface area contributed by atoms with Gasteiger partial charge in [0.2, 0.25) is 0 Å². The van der Waals surface area contributed by atoms with Crippen molar-refractivity contribution in [1.82, 2.24) is 5.32 Å². The maximum absolute atomic E-state index is 12.6. The van der Waals surface area contributed by atoms with Crippen molar-refractivity contribution in [2.75, 3.05) is 7.11 Å². The van der Waals surface area contributed by atoms with Gasteiger partial charge >= 0.3 is 18.1 Å². The van der Waals surface area contributed by atoms with Gasteiger partial charge in [0.1, 0.15) is 11.6 Å². The van der Waals surface area contributed by atoms with Crippen molar-refractivity contribution < 1.29 is 37.0 Å². The number of hydrogen-bond donors (Lipinski definition) is 1. The van der Waals surface area contributed by atoms with E-state index in [9.17, 15) is 27.6 Å². The Labute approximate surface area is 155 Å². The molecule has 1 rings (SSSR count). The Balaban J connectivity index is 2.77. The third kappa shape index (κ3) is 7.67. The van der Waals surface area contributed by atoms with Crippen LogP contribution in [0.15, 0.2) is 24.3 Å². The summed E-state index contributed by atoms with van der Waals surface area (Å²) >= 11 is 0. The first-order chi connectivity index (χ1) is 12.3. The Morgan fingerprint density at radius 3 is 2.07 bits per heavy atom. The Hall–Kier alpha value is -2.58. The van der Waals surface area contributed by atoms with E-state index in [-0.39, 0.29) is 18.4 Å². The maximum Gasteiger partial charge on any atom is 0.416 e. The molecule has 27 heavy (non-hydrogen) atoms. The van der Waals surface area contributed by atoms with Crippen molar-refractivity contribution in [2.24, 2.45) is 0 Å². The lowest BCUT2D eigenvalue weighted by atomic mass is 10.1. The highest BCUT2D eigenvalue weighted by Crippen LogP contribution is 2.29. The molecule has 0 aliphatic rings. The van der Waals surface area contributed by atoms with Crippen LogP contribution in [0.2, 0.25) is 0 Å². The number of carbonyl (C=O) groups excluding carboxylic acids is 3. The molecule has 150 valence electrons. The second kappa shape index (κ2) is 8.88. The molecule has 0 aliphatic heterocycles. The monoisotopic (exact) mass is 389 g/mol. The van der Waals surface area contributed by atoms with Gasteiger partial charge in [0, 0.05) is 12.0 Å². The number of benzene rings is 1. The number of halogens is 3. The second-order valence-corrected chi connectivity index (χ2v) is 6.75. The van der Waals surface area contributed by atoms with E-state index in [0.29, 0.717) is 0 Å². The number of amides is 1. The van der Waals surface area contributed by atoms with Gasteiger partial charge in [-0.05, 0) is 51.5 Å². The molecular weight excluding hydrogens is 367 g/mol. The third-order valence-corrected chi connectivity index (χ3v) is 3.32. The highest BCUT2D eigenvalue weighted by molar-refractivity contribution is 5.96. The summed E-state index contributed by atoms with van der Waals surface area (Å²) in [7, 11) is 1.12. The van der Waals surface area contributed by atoms with Crippen LogP contribution in [0.1, 0.15) is 49.5 Å². The van der Waals surface area contributed by atoms with E-state index in [1.54, 1.807) is 20.8 Å². The van der Waals surface area contributed by atoms with Crippen LogP contribution < -0.4 is 5.32 Å². The van der Waals surface area contributed by atoms with Crippen molar-refractivity contribution in [3.05, 3.63) is 35.4 Å². The summed E-state index contributed by atoms with van der Waals surface area (Å²) in [5.41, 5.74) is -1.65. The van der Waals surface area contributed by atoms with E-state index in [4.69, 9.17) is 4.74 Å². The van der Waals surface area contributed by atoms with Gasteiger partial charge in [-0.25, -0.2) is 4.79 Å². The average molecular weight is 389 g/mol. The van der Waals surface area contributed by atoms with Gasteiger partial charge in [-0.3, -0.25) is 9.59 Å². The molecule has 0 bridgehead atoms. The third-order valence-electron chi connectivity index (χ3n) is 3.32. The summed E-state index contributed by atoms with van der Waals surface area (Å²) in [5, 5.41) is 2.36. The number of rotatable bonds is 6. The Bertz CT molecular complexity index is 678. The molecule has 0 radical (unpaired) electrons. The van der Waals surface area contributed by atoms with Crippen molar-refractivity contribution in [3.8, 4) is 0 Å². The number of hydrogen-bond acceptors (Lipinski definition) is 5. The van der Waals surface area contributed by atoms with Gasteiger partial charge in [-0.2, -0.15) is 13.2 Å². The summed E-state index contributed by atoms with van der Waals surface area (Å²) in [6.45, 7) is 5.07. The normalized spacial score (nSPS) is 12.9. The van der Waals surface area contributed by atoms with E-state index < -0.39 is 41.2 Å². The van der Waals surface area contributed by atoms with Crippen LogP contribution in [0.25, 0.3) is 0 Å². The number of ether oxygens (including phenoxy) is 2. The zero-order valence-corrected chi connectivity index (χ0v) is 15.5. The summed E-state index contributed by atoms with van der Waals surface area (Å²) < 4.78 is 47.4. The van der Waals surface area contributed by atoms with E-state index in [1.165, 1.54) is 0 Å². The number of methoxy groups -OCH3 is 1. The number of esters is 2. The number of alkyl halides is 3. The van der Waals surface area contributed by atoms with Crippen LogP contribution in [0.4, 0.5) is 13.2 Å². The van der Waals surface area contributed by atoms with E-state index in [0.717, 1.165) is 31.4 Å². The molecule has 1 amide bonds. The van der Waals surface area contributed by atoms with Gasteiger partial charge < -0.3 is 14.8 Å². The van der Waals surface area contributed by atoms with E-state index >= 15 is 0 Å². The molecule has 1 atom stereocenters. The number of nitrogens with one attached hydrogen (secondary N) is 1. The lowest BCUT2D eigenvalue weighted by molar-refractivity contribution is -0.155. The highest BCUT2D eigenvalue weighted by atomic mass is 19.4. The summed E-state index contributed by atoms with van der Waals surface area (Å²) in [6.07, 6.45) is -4.74. The van der Waals surface area contributed by atoms with Gasteiger partial charge in [0.15, 0.2) is 0 Å². The van der Waals surface area contributed by atoms with Gasteiger partial charge in [-0.15, -0.1) is 0 Å². The first-order valence-corrected chi connectivity index (χ1v) is 8.11. The molecule has 0 aliphatic carbocycles. The molecule has 0 fully saturated rings. The molecule has 1 N–H and O–H groups in total. The van der Waals surface area contributed by atoms with Crippen molar-refractivity contribution in [2.45, 2.75) is 51.4 Å². The minimum absolute atomic E-state index is 0.0610. The fraction of sp³-hybridized carbons (Fsp3) is 0.500. The molecular formula is C18H22F3NO5. The smallest absolute Gasteiger partial charge is 0.416 e. The molecule has 0 aromatic heterocycles. The minimum atomic E-state index is -4.52. The van der Waals surface area contributed by atoms with Crippen molar-refractivity contribution in [3.63, 3.8) is 0 Å². The molecule has 9 heteroatoms. The van der Waals surface area contributed by atoms with Crippen LogP contribution in [0.3, 0.4) is 0 Å². The maximum atomic E-state index is 12.6. The Morgan fingerprint density at radius 2 is 1.63 bits per heavy atom. The molecule has 0 unspecified atom stereocenters. The highest BCUT2D eigenvalue weighted by Gasteiger charge is 2.30. The van der Waals surface area contributed by atoms with Crippen LogP contribution in [-0.4, -0.2) is 36.6 Å². The molecule has 0 saturated carbocycles. The van der Waals surface area contributed by atoms with Crippen LogP contribution in [-0.2, 0) is 25.2 Å². The van der Waals surface area contributed by atoms with E-state index in [1.807, 2.05) is 0 Å². The number of carbonyl (C=O) groups is 3. The molecule has 1 aromatic rings. The lowest BCUT2D eigenvalue weighted by Gasteiger charge is -2.21. The van der Waals surface area contributed by atoms with Gasteiger partial charge in [0.25, 0.3) is 5.91 Å². The fourth-order valence-corrected chi connectivity index (χ4v) is 2.10. The Morgan fingerprint density at radius 1 is 1.07 bits per heavy atom. The standard InChI is InChI=1S/C18H22F3NO5/c1-17(2,3)27-14(23)10-9-13(16(25)26-4)22-15(24)11-5-7-12(8-6-11)18(19,20)21/h5-8,13H,9-10H2,1-4H3,(H,22,24)/t13-/m1/s1. The summed E-state index contributed by atoms with van der Waals surface area (Å²) in [5.74, 6) is -2.10. The minimum Gasteiger partial charge on any atom is -0.467 e. The second-order valence-electron chi connectivity index (χ2n) is 6.75. The molecule has 0 heterocycles. The topological polar surface area (TPSA) is 81.7 Å². The van der Waals surface area contributed by atoms with Crippen molar-refractivity contribution >= 4 is 17.8 Å². The van der Waals surface area contributed by atoms with Crippen LogP contribution in [0.5, 0.6) is 0 Å². The molecule has 0 saturated heterocycles. The van der Waals surface area contributed by atoms with Gasteiger partial charge in [0.05, 0.1) is 12.7 Å². The van der Waals surface area contributed by atoms with E-state index in [2.05, 4.69) is 10.1 Å². The van der Waals surface area contributed by atoms with Crippen LogP contribution in [0, 0.1) is 0 Å². The largest absolute Gasteiger partial charge is 0.467 e. The predicted molar refractivity (Wildman–Crippen MR) is 89.8 cm³/mol. The first kappa shape index (κ1) is 22.5. The molecule has 1 aromatic carbocycles. The Kier molecular flexibility index (Phi) is 7.38. The molecule has 0 spiro atoms. The van der Waals surface area contributed by atoms with Gasteiger partial charge in [-0.1, -0.05) is 0 Å². The predicted octanol–water partition coefficient (Wildman–Crippen LogP) is 3.10. The molecule has 6 nitrogen and oxygen atoms in total. The zero-order valence-electron chi connectivity index (χ0n) is 15.5. The first-order valence-electron chi connectivity index (χ1n) is 8.11. The SMILES string of the molecule is COC(=O)[C@@H](CCC(=O)OC(C)(C)C)NC(=O)c1ccc(C(F)(F)F)cc1. The lowest BCUT2D eigenvalue weighted by Crippen LogP contribution is -2.42. The van der Waals surface area contributed by atoms with Crippen LogP contribution >= 0.6 is 0 Å². The average Bonchev–Trinajstić information content (AvgIpc) is 2.55. The quantitative estimate of drug-likeness (QED) is 0.756. The fourth-order valence-electron chi connectivity index (χ4n) is 2.10. The van der Waals surface area contributed by atoms with Crippen molar-refractivity contribution in [1.29, 1.82) is 0 Å². The zero-order chi connectivity index (χ0) is 20.8. The summed E-state index contributed by atoms with van der Waals surface area (Å²) in [4.78, 5) is 35.8. The summed E-state index contributed by atoms with van der Waals surface area (Å²) in [6, 6.07) is 2.39.